The molecule has 3 atom stereocenters. The summed E-state index contributed by atoms with van der Waals surface area (Å²) in [6.07, 6.45) is 1.53. The molecule has 8 heteroatoms. The van der Waals surface area contributed by atoms with E-state index in [2.05, 4.69) is 24.0 Å². The number of hydrogen-bond donors (Lipinski definition) is 0. The van der Waals surface area contributed by atoms with E-state index >= 15 is 0 Å². The third-order valence-electron chi connectivity index (χ3n) is 8.02. The van der Waals surface area contributed by atoms with Crippen LogP contribution in [0.3, 0.4) is 0 Å². The van der Waals surface area contributed by atoms with Crippen molar-refractivity contribution < 1.29 is 18.7 Å². The Morgan fingerprint density at radius 2 is 1.83 bits per heavy atom. The van der Waals surface area contributed by atoms with Gasteiger partial charge in [-0.2, -0.15) is 5.10 Å². The Morgan fingerprint density at radius 3 is 2.50 bits per heavy atom. The van der Waals surface area contributed by atoms with E-state index in [1.807, 2.05) is 28.1 Å². The predicted octanol–water partition coefficient (Wildman–Crippen LogP) is 3.62. The molecule has 2 unspecified atom stereocenters. The lowest BCUT2D eigenvalue weighted by atomic mass is 9.66. The largest absolute Gasteiger partial charge is 0.489 e. The molecular weight excluding hydrogens is 459 g/mol. The average Bonchev–Trinajstić information content (AvgIpc) is 3.24. The number of amides is 1. The Labute approximate surface area is 211 Å². The average molecular weight is 493 g/mol. The van der Waals surface area contributed by atoms with Crippen molar-refractivity contribution in [3.8, 4) is 5.75 Å². The van der Waals surface area contributed by atoms with E-state index in [0.717, 1.165) is 38.2 Å². The van der Waals surface area contributed by atoms with Crippen molar-refractivity contribution in [2.45, 2.75) is 51.1 Å². The van der Waals surface area contributed by atoms with Crippen molar-refractivity contribution in [3.05, 3.63) is 59.9 Å². The van der Waals surface area contributed by atoms with Gasteiger partial charge < -0.3 is 9.64 Å². The number of halogens is 1. The van der Waals surface area contributed by atoms with Crippen molar-refractivity contribution in [3.63, 3.8) is 0 Å². The number of hydrogen-bond acceptors (Lipinski definition) is 6. The lowest BCUT2D eigenvalue weighted by Gasteiger charge is -2.43. The molecule has 0 bridgehead atoms. The van der Waals surface area contributed by atoms with Crippen LogP contribution in [0.4, 0.5) is 10.1 Å². The fraction of sp³-hybridized carbons (Fsp3) is 0.464. The molecular formula is C28H33FN4O3. The van der Waals surface area contributed by atoms with Crippen LogP contribution in [-0.4, -0.2) is 72.1 Å². The first-order valence-electron chi connectivity index (χ1n) is 12.7. The Hall–Kier alpha value is -3.26. The second-order valence-electron chi connectivity index (χ2n) is 10.1. The smallest absolute Gasteiger partial charge is 0.219 e. The number of ether oxygens (including phenoxy) is 1. The van der Waals surface area contributed by atoms with Gasteiger partial charge in [0.25, 0.3) is 0 Å². The van der Waals surface area contributed by atoms with Crippen molar-refractivity contribution in [2.24, 2.45) is 5.10 Å². The second kappa shape index (κ2) is 9.65. The van der Waals surface area contributed by atoms with Gasteiger partial charge in [0.15, 0.2) is 5.78 Å². The molecule has 190 valence electrons. The quantitative estimate of drug-likeness (QED) is 0.616. The van der Waals surface area contributed by atoms with E-state index in [0.29, 0.717) is 30.2 Å². The van der Waals surface area contributed by atoms with Gasteiger partial charge in [-0.1, -0.05) is 30.3 Å². The van der Waals surface area contributed by atoms with E-state index in [9.17, 15) is 14.0 Å². The molecule has 2 aromatic rings. The number of nitrogens with zero attached hydrogens (tertiary/aromatic N) is 4. The van der Waals surface area contributed by atoms with E-state index in [1.54, 1.807) is 19.9 Å². The standard InChI is InChI=1S/C28H33FN4O3/c1-19(31-13-15-32(16-14-31)21(3)35)11-12-28(22-7-5-4-6-8-22)26-18-36-25-10-9-23(29)17-24(25)33(26)30-27(28)20(2)34/h4-10,17,19,26H,11-16,18H2,1-3H3/t19?,26?,28-/m1/s1. The molecule has 3 aliphatic rings. The zero-order valence-electron chi connectivity index (χ0n) is 21.1. The molecule has 1 fully saturated rings. The maximum Gasteiger partial charge on any atom is 0.219 e. The lowest BCUT2D eigenvalue weighted by Crippen LogP contribution is -2.55. The summed E-state index contributed by atoms with van der Waals surface area (Å²) in [5.41, 5.74) is 1.37. The number of ketones is 1. The van der Waals surface area contributed by atoms with Crippen LogP contribution in [0.5, 0.6) is 5.75 Å². The number of carbonyl (C=O) groups excluding carboxylic acids is 2. The number of carbonyl (C=O) groups is 2. The molecule has 2 aromatic carbocycles. The van der Waals surface area contributed by atoms with Crippen LogP contribution in [0.15, 0.2) is 53.6 Å². The molecule has 0 saturated carbocycles. The highest BCUT2D eigenvalue weighted by Crippen LogP contribution is 2.48. The number of hydrazone groups is 1. The van der Waals surface area contributed by atoms with Crippen LogP contribution in [0, 0.1) is 5.82 Å². The summed E-state index contributed by atoms with van der Waals surface area (Å²) in [5, 5.41) is 6.65. The fourth-order valence-corrected chi connectivity index (χ4v) is 6.00. The summed E-state index contributed by atoms with van der Waals surface area (Å²) in [6.45, 7) is 8.86. The Balaban J connectivity index is 1.48. The maximum absolute atomic E-state index is 14.2. The van der Waals surface area contributed by atoms with Crippen LogP contribution in [0.25, 0.3) is 0 Å². The van der Waals surface area contributed by atoms with Gasteiger partial charge in [0.2, 0.25) is 5.91 Å². The summed E-state index contributed by atoms with van der Waals surface area (Å²) in [7, 11) is 0. The van der Waals surface area contributed by atoms with Crippen LogP contribution >= 0.6 is 0 Å². The molecule has 7 nitrogen and oxygen atoms in total. The molecule has 1 amide bonds. The molecule has 5 rings (SSSR count). The van der Waals surface area contributed by atoms with Gasteiger partial charge in [0.05, 0.1) is 5.41 Å². The first-order chi connectivity index (χ1) is 17.3. The minimum Gasteiger partial charge on any atom is -0.489 e. The summed E-state index contributed by atoms with van der Waals surface area (Å²) < 4.78 is 20.3. The third-order valence-corrected chi connectivity index (χ3v) is 8.02. The van der Waals surface area contributed by atoms with Gasteiger partial charge in [0.1, 0.15) is 35.6 Å². The minimum absolute atomic E-state index is 0.0890. The van der Waals surface area contributed by atoms with E-state index in [1.165, 1.54) is 12.1 Å². The lowest BCUT2D eigenvalue weighted by molar-refractivity contribution is -0.130. The number of Topliss-reactive ketones (excluding diaryl/α,β-unsaturated/α-hetero) is 1. The zero-order chi connectivity index (χ0) is 25.4. The zero-order valence-corrected chi connectivity index (χ0v) is 21.1. The molecule has 3 heterocycles. The molecule has 1 saturated heterocycles. The highest BCUT2D eigenvalue weighted by molar-refractivity contribution is 6.43. The van der Waals surface area contributed by atoms with Crippen molar-refractivity contribution in [1.82, 2.24) is 9.80 Å². The predicted molar refractivity (Wildman–Crippen MR) is 137 cm³/mol. The van der Waals surface area contributed by atoms with E-state index in [-0.39, 0.29) is 29.6 Å². The van der Waals surface area contributed by atoms with Crippen molar-refractivity contribution in [1.29, 1.82) is 0 Å². The monoisotopic (exact) mass is 492 g/mol. The van der Waals surface area contributed by atoms with Gasteiger partial charge in [-0.25, -0.2) is 4.39 Å². The minimum atomic E-state index is -0.688. The highest BCUT2D eigenvalue weighted by atomic mass is 19.1. The summed E-state index contributed by atoms with van der Waals surface area (Å²) in [6, 6.07) is 14.5. The molecule has 0 aromatic heterocycles. The fourth-order valence-electron chi connectivity index (χ4n) is 6.00. The van der Waals surface area contributed by atoms with Gasteiger partial charge >= 0.3 is 0 Å². The summed E-state index contributed by atoms with van der Waals surface area (Å²) in [4.78, 5) is 29.1. The van der Waals surface area contributed by atoms with Crippen LogP contribution in [-0.2, 0) is 15.0 Å². The van der Waals surface area contributed by atoms with Crippen molar-refractivity contribution >= 4 is 23.1 Å². The molecule has 0 aliphatic carbocycles. The van der Waals surface area contributed by atoms with Crippen LogP contribution in [0.2, 0.25) is 0 Å². The van der Waals surface area contributed by atoms with E-state index < -0.39 is 5.41 Å². The van der Waals surface area contributed by atoms with E-state index in [4.69, 9.17) is 9.84 Å². The number of rotatable bonds is 6. The topological polar surface area (TPSA) is 65.5 Å². The van der Waals surface area contributed by atoms with Gasteiger partial charge in [-0.05, 0) is 37.5 Å². The number of anilines is 1. The van der Waals surface area contributed by atoms with Gasteiger partial charge in [-0.15, -0.1) is 0 Å². The first-order valence-corrected chi connectivity index (χ1v) is 12.7. The Bertz CT molecular complexity index is 1180. The molecule has 0 radical (unpaired) electrons. The highest BCUT2D eigenvalue weighted by Gasteiger charge is 2.56. The van der Waals surface area contributed by atoms with Crippen LogP contribution < -0.4 is 9.75 Å². The Kier molecular flexibility index (Phi) is 6.55. The number of piperazine rings is 1. The second-order valence-corrected chi connectivity index (χ2v) is 10.1. The third kappa shape index (κ3) is 4.17. The van der Waals surface area contributed by atoms with Crippen molar-refractivity contribution in [2.75, 3.05) is 37.8 Å². The maximum atomic E-state index is 14.2. The van der Waals surface area contributed by atoms with Gasteiger partial charge in [-0.3, -0.25) is 19.5 Å². The first kappa shape index (κ1) is 24.4. The molecule has 0 spiro atoms. The summed E-state index contributed by atoms with van der Waals surface area (Å²) >= 11 is 0. The van der Waals surface area contributed by atoms with Gasteiger partial charge in [0, 0.05) is 52.1 Å². The molecule has 0 N–H and O–H groups in total. The number of fused-ring (bicyclic) bond motifs is 3. The SMILES string of the molecule is CC(=O)C1=NN2c3cc(F)ccc3OCC2[C@@]1(CCC(C)N1CCN(C(C)=O)CC1)c1ccccc1. The number of benzene rings is 2. The normalized spacial score (nSPS) is 24.4. The Morgan fingerprint density at radius 1 is 1.11 bits per heavy atom. The molecule has 3 aliphatic heterocycles. The summed E-state index contributed by atoms with van der Waals surface area (Å²) in [5.74, 6) is 0.231. The van der Waals surface area contributed by atoms with Crippen LogP contribution in [0.1, 0.15) is 39.2 Å². The molecule has 36 heavy (non-hydrogen) atoms.